The molecule has 1 aromatic heterocycles. The minimum Gasteiger partial charge on any atom is -0.309 e. The van der Waals surface area contributed by atoms with Gasteiger partial charge in [-0.15, -0.1) is 5.10 Å². The maximum absolute atomic E-state index is 4.36. The minimum absolute atomic E-state index is 0.319. The van der Waals surface area contributed by atoms with Crippen LogP contribution in [0.15, 0.2) is 17.3 Å². The molecule has 0 fully saturated rings. The highest BCUT2D eigenvalue weighted by Crippen LogP contribution is 2.28. The molecule has 2 N–H and O–H groups in total. The first-order chi connectivity index (χ1) is 10.0. The first kappa shape index (κ1) is 16.0. The molecule has 1 unspecified atom stereocenters. The van der Waals surface area contributed by atoms with Crippen molar-refractivity contribution < 1.29 is 0 Å². The highest BCUT2D eigenvalue weighted by atomic mass is 32.2. The molecule has 0 saturated heterocycles. The SMILES string of the molecule is CCNC(CSc1n[nH]c(C)n1)c1c(C)cc(C)cc1C. The van der Waals surface area contributed by atoms with Crippen LogP contribution in [0.5, 0.6) is 0 Å². The number of hydrogen-bond acceptors (Lipinski definition) is 4. The Morgan fingerprint density at radius 2 is 1.86 bits per heavy atom. The van der Waals surface area contributed by atoms with E-state index in [1.54, 1.807) is 11.8 Å². The van der Waals surface area contributed by atoms with Crippen molar-refractivity contribution in [2.24, 2.45) is 0 Å². The maximum Gasteiger partial charge on any atom is 0.208 e. The van der Waals surface area contributed by atoms with Gasteiger partial charge in [-0.05, 0) is 50.9 Å². The lowest BCUT2D eigenvalue weighted by Gasteiger charge is -2.22. The predicted octanol–water partition coefficient (Wildman–Crippen LogP) is 3.48. The van der Waals surface area contributed by atoms with Gasteiger partial charge in [-0.2, -0.15) is 0 Å². The van der Waals surface area contributed by atoms with Gasteiger partial charge in [0.1, 0.15) is 5.82 Å². The van der Waals surface area contributed by atoms with Crippen LogP contribution in [0, 0.1) is 27.7 Å². The lowest BCUT2D eigenvalue weighted by atomic mass is 9.95. The smallest absolute Gasteiger partial charge is 0.208 e. The Hall–Kier alpha value is -1.33. The highest BCUT2D eigenvalue weighted by molar-refractivity contribution is 7.99. The van der Waals surface area contributed by atoms with Crippen LogP contribution in [0.2, 0.25) is 0 Å². The number of aryl methyl sites for hydroxylation is 4. The molecular weight excluding hydrogens is 280 g/mol. The van der Waals surface area contributed by atoms with Crippen LogP contribution in [0.3, 0.4) is 0 Å². The van der Waals surface area contributed by atoms with Crippen molar-refractivity contribution in [1.82, 2.24) is 20.5 Å². The van der Waals surface area contributed by atoms with Crippen LogP contribution >= 0.6 is 11.8 Å². The van der Waals surface area contributed by atoms with Gasteiger partial charge in [0.25, 0.3) is 0 Å². The maximum atomic E-state index is 4.36. The van der Waals surface area contributed by atoms with Crippen LogP contribution in [0.1, 0.15) is 41.0 Å². The monoisotopic (exact) mass is 304 g/mol. The van der Waals surface area contributed by atoms with Gasteiger partial charge < -0.3 is 5.32 Å². The molecule has 0 saturated carbocycles. The minimum atomic E-state index is 0.319. The predicted molar refractivity (Wildman–Crippen MR) is 88.9 cm³/mol. The quantitative estimate of drug-likeness (QED) is 0.802. The van der Waals surface area contributed by atoms with E-state index >= 15 is 0 Å². The summed E-state index contributed by atoms with van der Waals surface area (Å²) in [5.74, 6) is 1.79. The highest BCUT2D eigenvalue weighted by Gasteiger charge is 2.17. The van der Waals surface area contributed by atoms with Crippen molar-refractivity contribution in [2.45, 2.75) is 45.8 Å². The third kappa shape index (κ3) is 4.08. The molecule has 2 rings (SSSR count). The molecule has 114 valence electrons. The summed E-state index contributed by atoms with van der Waals surface area (Å²) >= 11 is 1.69. The van der Waals surface area contributed by atoms with E-state index in [2.05, 4.69) is 60.3 Å². The summed E-state index contributed by atoms with van der Waals surface area (Å²) in [6.45, 7) is 11.6. The number of aromatic amines is 1. The van der Waals surface area contributed by atoms with E-state index < -0.39 is 0 Å². The summed E-state index contributed by atoms with van der Waals surface area (Å²) in [7, 11) is 0. The molecule has 0 radical (unpaired) electrons. The average molecular weight is 304 g/mol. The van der Waals surface area contributed by atoms with Gasteiger partial charge in [0, 0.05) is 11.8 Å². The summed E-state index contributed by atoms with van der Waals surface area (Å²) in [6.07, 6.45) is 0. The van der Waals surface area contributed by atoms with Gasteiger partial charge >= 0.3 is 0 Å². The van der Waals surface area contributed by atoms with Crippen molar-refractivity contribution in [3.63, 3.8) is 0 Å². The van der Waals surface area contributed by atoms with Gasteiger partial charge in [0.2, 0.25) is 5.16 Å². The molecule has 0 spiro atoms. The fourth-order valence-electron chi connectivity index (χ4n) is 2.78. The molecule has 0 aliphatic heterocycles. The van der Waals surface area contributed by atoms with E-state index in [0.29, 0.717) is 6.04 Å². The number of H-pyrrole nitrogens is 1. The second-order valence-electron chi connectivity index (χ2n) is 5.44. The molecule has 4 nitrogen and oxygen atoms in total. The van der Waals surface area contributed by atoms with Gasteiger partial charge in [-0.25, -0.2) is 4.98 Å². The first-order valence-corrected chi connectivity index (χ1v) is 8.32. The van der Waals surface area contributed by atoms with Crippen molar-refractivity contribution in [3.8, 4) is 0 Å². The van der Waals surface area contributed by atoms with E-state index in [4.69, 9.17) is 0 Å². The Bertz CT molecular complexity index is 583. The third-order valence-corrected chi connectivity index (χ3v) is 4.43. The fourth-order valence-corrected chi connectivity index (χ4v) is 3.69. The fraction of sp³-hybridized carbons (Fsp3) is 0.500. The number of thioether (sulfide) groups is 1. The average Bonchev–Trinajstić information content (AvgIpc) is 2.80. The summed E-state index contributed by atoms with van der Waals surface area (Å²) in [4.78, 5) is 4.36. The lowest BCUT2D eigenvalue weighted by Crippen LogP contribution is -2.24. The molecule has 0 aliphatic rings. The Morgan fingerprint density at radius 3 is 2.38 bits per heavy atom. The first-order valence-electron chi connectivity index (χ1n) is 7.34. The van der Waals surface area contributed by atoms with E-state index in [1.165, 1.54) is 22.3 Å². The summed E-state index contributed by atoms with van der Waals surface area (Å²) < 4.78 is 0. The summed E-state index contributed by atoms with van der Waals surface area (Å²) in [6, 6.07) is 4.84. The Kier molecular flexibility index (Phi) is 5.42. The standard InChI is InChI=1S/C16H24N4S/c1-6-17-14(9-21-16-18-13(5)19-20-16)15-11(3)7-10(2)8-12(15)4/h7-8,14,17H,6,9H2,1-5H3,(H,18,19,20). The van der Waals surface area contributed by atoms with Crippen LogP contribution in [-0.2, 0) is 0 Å². The summed E-state index contributed by atoms with van der Waals surface area (Å²) in [5, 5.41) is 11.5. The largest absolute Gasteiger partial charge is 0.309 e. The number of rotatable bonds is 6. The van der Waals surface area contributed by atoms with Crippen LogP contribution in [0.4, 0.5) is 0 Å². The van der Waals surface area contributed by atoms with E-state index in [1.807, 2.05) is 6.92 Å². The molecule has 1 atom stereocenters. The molecule has 5 heteroatoms. The Balaban J connectivity index is 2.18. The van der Waals surface area contributed by atoms with E-state index in [-0.39, 0.29) is 0 Å². The van der Waals surface area contributed by atoms with Crippen molar-refractivity contribution >= 4 is 11.8 Å². The van der Waals surface area contributed by atoms with Gasteiger partial charge in [-0.3, -0.25) is 5.10 Å². The zero-order valence-corrected chi connectivity index (χ0v) is 14.3. The Morgan fingerprint density at radius 1 is 1.19 bits per heavy atom. The number of aromatic nitrogens is 3. The number of hydrogen-bond donors (Lipinski definition) is 2. The molecular formula is C16H24N4S. The second-order valence-corrected chi connectivity index (χ2v) is 6.42. The van der Waals surface area contributed by atoms with E-state index in [9.17, 15) is 0 Å². The molecule has 1 heterocycles. The van der Waals surface area contributed by atoms with Crippen LogP contribution < -0.4 is 5.32 Å². The van der Waals surface area contributed by atoms with E-state index in [0.717, 1.165) is 23.3 Å². The molecule has 0 aliphatic carbocycles. The zero-order chi connectivity index (χ0) is 15.4. The topological polar surface area (TPSA) is 53.6 Å². The molecule has 2 aromatic rings. The van der Waals surface area contributed by atoms with Gasteiger partial charge in [0.05, 0.1) is 0 Å². The number of nitrogens with zero attached hydrogens (tertiary/aromatic N) is 2. The van der Waals surface area contributed by atoms with Crippen LogP contribution in [-0.4, -0.2) is 27.5 Å². The number of benzene rings is 1. The zero-order valence-electron chi connectivity index (χ0n) is 13.4. The normalized spacial score (nSPS) is 12.6. The molecule has 21 heavy (non-hydrogen) atoms. The third-order valence-electron chi connectivity index (χ3n) is 3.49. The number of nitrogens with one attached hydrogen (secondary N) is 2. The second kappa shape index (κ2) is 7.09. The summed E-state index contributed by atoms with van der Waals surface area (Å²) in [5.41, 5.74) is 5.43. The van der Waals surface area contributed by atoms with Crippen LogP contribution in [0.25, 0.3) is 0 Å². The molecule has 0 amide bonds. The van der Waals surface area contributed by atoms with Crippen molar-refractivity contribution in [1.29, 1.82) is 0 Å². The van der Waals surface area contributed by atoms with Gasteiger partial charge in [-0.1, -0.05) is 36.4 Å². The Labute approximate surface area is 131 Å². The van der Waals surface area contributed by atoms with Crippen molar-refractivity contribution in [3.05, 3.63) is 40.2 Å². The van der Waals surface area contributed by atoms with Gasteiger partial charge in [0.15, 0.2) is 0 Å². The molecule has 0 bridgehead atoms. The lowest BCUT2D eigenvalue weighted by molar-refractivity contribution is 0.599. The van der Waals surface area contributed by atoms with Crippen molar-refractivity contribution in [2.75, 3.05) is 12.3 Å². The molecule has 1 aromatic carbocycles.